The summed E-state index contributed by atoms with van der Waals surface area (Å²) in [4.78, 5) is 27.9. The van der Waals surface area contributed by atoms with E-state index in [0.717, 1.165) is 43.9 Å². The molecule has 9 heteroatoms. The third-order valence-corrected chi connectivity index (χ3v) is 4.54. The fourth-order valence-corrected chi connectivity index (χ4v) is 3.33. The van der Waals surface area contributed by atoms with E-state index in [1.807, 2.05) is 0 Å². The number of hydrogen-bond acceptors (Lipinski definition) is 9. The molecule has 3 atom stereocenters. The summed E-state index contributed by atoms with van der Waals surface area (Å²) in [6.45, 7) is 1.20. The van der Waals surface area contributed by atoms with E-state index in [0.29, 0.717) is 19.5 Å². The van der Waals surface area contributed by atoms with E-state index in [9.17, 15) is 9.59 Å². The maximum atomic E-state index is 11.9. The Balaban J connectivity index is 2.44. The second-order valence-corrected chi connectivity index (χ2v) is 6.37. The minimum Gasteiger partial charge on any atom is -0.372 e. The number of rotatable bonds is 11. The molecular formula is C13H27N5O3S. The number of nitrogens with one attached hydrogen (secondary N) is 2. The van der Waals surface area contributed by atoms with Crippen molar-refractivity contribution in [1.29, 1.82) is 0 Å². The van der Waals surface area contributed by atoms with Gasteiger partial charge in [-0.25, -0.2) is 4.79 Å². The minimum absolute atomic E-state index is 0.0799. The lowest BCUT2D eigenvalue weighted by molar-refractivity contribution is -0.147. The normalized spacial score (nSPS) is 22.8. The fraction of sp³-hybridized carbons (Fsp3) is 0.846. The summed E-state index contributed by atoms with van der Waals surface area (Å²) in [6, 6.07) is -0.746. The van der Waals surface area contributed by atoms with Crippen LogP contribution in [0.15, 0.2) is 0 Å². The molecule has 1 fully saturated rings. The quantitative estimate of drug-likeness (QED) is 0.241. The van der Waals surface area contributed by atoms with Crippen molar-refractivity contribution in [3.63, 3.8) is 0 Å². The average molecular weight is 333 g/mol. The monoisotopic (exact) mass is 333 g/mol. The SMILES string of the molecule is NCCCCC(N[C@@H]1NC(CCCCN)C(=O)S1)C(=O)ON. The third-order valence-electron chi connectivity index (χ3n) is 3.52. The van der Waals surface area contributed by atoms with E-state index in [1.54, 1.807) is 0 Å². The van der Waals surface area contributed by atoms with E-state index >= 15 is 0 Å². The van der Waals surface area contributed by atoms with Crippen molar-refractivity contribution in [3.05, 3.63) is 0 Å². The summed E-state index contributed by atoms with van der Waals surface area (Å²) in [5.74, 6) is 4.44. The average Bonchev–Trinajstić information content (AvgIpc) is 2.86. The first-order chi connectivity index (χ1) is 10.6. The molecule has 0 aromatic carbocycles. The van der Waals surface area contributed by atoms with E-state index < -0.39 is 12.0 Å². The first-order valence-electron chi connectivity index (χ1n) is 7.65. The van der Waals surface area contributed by atoms with Gasteiger partial charge in [-0.1, -0.05) is 24.6 Å². The summed E-state index contributed by atoms with van der Waals surface area (Å²) >= 11 is 1.16. The third kappa shape index (κ3) is 6.59. The van der Waals surface area contributed by atoms with Crippen LogP contribution >= 0.6 is 11.8 Å². The molecule has 0 radical (unpaired) electrons. The molecule has 0 aromatic rings. The maximum absolute atomic E-state index is 11.9. The predicted octanol–water partition coefficient (Wildman–Crippen LogP) is -0.865. The van der Waals surface area contributed by atoms with Gasteiger partial charge in [0.1, 0.15) is 11.5 Å². The fourth-order valence-electron chi connectivity index (χ4n) is 2.29. The number of hydrogen-bond donors (Lipinski definition) is 5. The van der Waals surface area contributed by atoms with Gasteiger partial charge in [0.05, 0.1) is 6.04 Å². The number of nitrogens with two attached hydrogens (primary N) is 3. The summed E-state index contributed by atoms with van der Waals surface area (Å²) in [6.07, 6.45) is 4.72. The van der Waals surface area contributed by atoms with Crippen molar-refractivity contribution in [3.8, 4) is 0 Å². The molecular weight excluding hydrogens is 306 g/mol. The highest BCUT2D eigenvalue weighted by atomic mass is 32.2. The standard InChI is InChI=1S/C13H27N5O3S/c14-7-3-1-5-9(11(19)21-16)17-13-18-10(12(20)22-13)6-2-4-8-15/h9-10,13,17-18H,1-8,14-16H2/t9?,10?,13-/m1/s1. The molecule has 0 amide bonds. The summed E-state index contributed by atoms with van der Waals surface area (Å²) < 4.78 is 0. The lowest BCUT2D eigenvalue weighted by atomic mass is 10.1. The van der Waals surface area contributed by atoms with Crippen LogP contribution in [0.4, 0.5) is 0 Å². The summed E-state index contributed by atoms with van der Waals surface area (Å²) in [7, 11) is 0. The molecule has 0 spiro atoms. The van der Waals surface area contributed by atoms with Gasteiger partial charge in [0.15, 0.2) is 0 Å². The molecule has 8 N–H and O–H groups in total. The van der Waals surface area contributed by atoms with Gasteiger partial charge in [-0.3, -0.25) is 15.4 Å². The van der Waals surface area contributed by atoms with E-state index in [1.165, 1.54) is 0 Å². The molecule has 22 heavy (non-hydrogen) atoms. The van der Waals surface area contributed by atoms with Crippen molar-refractivity contribution < 1.29 is 14.4 Å². The molecule has 0 saturated carbocycles. The Morgan fingerprint density at radius 3 is 2.59 bits per heavy atom. The van der Waals surface area contributed by atoms with Gasteiger partial charge in [0, 0.05) is 0 Å². The Kier molecular flexibility index (Phi) is 9.60. The van der Waals surface area contributed by atoms with E-state index in [4.69, 9.17) is 17.4 Å². The molecule has 1 aliphatic rings. The first kappa shape index (κ1) is 19.3. The van der Waals surface area contributed by atoms with Gasteiger partial charge in [0.25, 0.3) is 0 Å². The van der Waals surface area contributed by atoms with Crippen LogP contribution in [0, 0.1) is 0 Å². The van der Waals surface area contributed by atoms with Crippen LogP contribution in [0.25, 0.3) is 0 Å². The number of carbonyl (C=O) groups excluding carboxylic acids is 2. The summed E-state index contributed by atoms with van der Waals surface area (Å²) in [5.41, 5.74) is 10.6. The van der Waals surface area contributed by atoms with Crippen LogP contribution in [0.1, 0.15) is 38.5 Å². The zero-order valence-electron chi connectivity index (χ0n) is 12.8. The molecule has 128 valence electrons. The topological polar surface area (TPSA) is 145 Å². The lowest BCUT2D eigenvalue weighted by Gasteiger charge is -2.20. The van der Waals surface area contributed by atoms with Gasteiger partial charge >= 0.3 is 5.97 Å². The smallest absolute Gasteiger partial charge is 0.341 e. The first-order valence-corrected chi connectivity index (χ1v) is 8.53. The number of unbranched alkanes of at least 4 members (excludes halogenated alkanes) is 2. The second-order valence-electron chi connectivity index (χ2n) is 5.26. The Hall–Kier alpha value is -0.710. The van der Waals surface area contributed by atoms with Gasteiger partial charge in [-0.15, -0.1) is 0 Å². The van der Waals surface area contributed by atoms with E-state index in [-0.39, 0.29) is 16.7 Å². The van der Waals surface area contributed by atoms with Crippen LogP contribution in [-0.4, -0.2) is 41.8 Å². The summed E-state index contributed by atoms with van der Waals surface area (Å²) in [5, 5.41) is 6.35. The molecule has 2 unspecified atom stereocenters. The molecule has 0 aliphatic carbocycles. The van der Waals surface area contributed by atoms with Gasteiger partial charge in [0.2, 0.25) is 5.12 Å². The van der Waals surface area contributed by atoms with Crippen molar-refractivity contribution in [2.24, 2.45) is 17.4 Å². The van der Waals surface area contributed by atoms with Crippen molar-refractivity contribution in [1.82, 2.24) is 10.6 Å². The van der Waals surface area contributed by atoms with Crippen LogP contribution in [-0.2, 0) is 14.4 Å². The number of thioether (sulfide) groups is 1. The van der Waals surface area contributed by atoms with E-state index in [2.05, 4.69) is 15.5 Å². The number of carbonyl (C=O) groups is 2. The zero-order valence-corrected chi connectivity index (χ0v) is 13.6. The van der Waals surface area contributed by atoms with Crippen molar-refractivity contribution >= 4 is 22.8 Å². The Morgan fingerprint density at radius 2 is 1.95 bits per heavy atom. The van der Waals surface area contributed by atoms with Crippen LogP contribution < -0.4 is 28.0 Å². The lowest BCUT2D eigenvalue weighted by Crippen LogP contribution is -2.49. The molecule has 8 nitrogen and oxygen atoms in total. The highest BCUT2D eigenvalue weighted by Gasteiger charge is 2.34. The Labute approximate surface area is 135 Å². The van der Waals surface area contributed by atoms with Gasteiger partial charge in [-0.05, 0) is 38.8 Å². The van der Waals surface area contributed by atoms with Crippen molar-refractivity contribution in [2.75, 3.05) is 13.1 Å². The molecule has 0 bridgehead atoms. The van der Waals surface area contributed by atoms with Crippen molar-refractivity contribution in [2.45, 2.75) is 56.1 Å². The highest BCUT2D eigenvalue weighted by molar-refractivity contribution is 8.14. The minimum atomic E-state index is -0.544. The Bertz CT molecular complexity index is 359. The van der Waals surface area contributed by atoms with Crippen LogP contribution in [0.5, 0.6) is 0 Å². The second kappa shape index (κ2) is 10.9. The molecule has 1 rings (SSSR count). The predicted molar refractivity (Wildman–Crippen MR) is 86.3 cm³/mol. The largest absolute Gasteiger partial charge is 0.372 e. The highest BCUT2D eigenvalue weighted by Crippen LogP contribution is 2.23. The molecule has 0 aromatic heterocycles. The van der Waals surface area contributed by atoms with Gasteiger partial charge in [-0.2, -0.15) is 5.90 Å². The Morgan fingerprint density at radius 1 is 1.27 bits per heavy atom. The molecule has 1 heterocycles. The molecule has 1 saturated heterocycles. The zero-order chi connectivity index (χ0) is 16.4. The van der Waals surface area contributed by atoms with Gasteiger partial charge < -0.3 is 16.3 Å². The maximum Gasteiger partial charge on any atom is 0.341 e. The molecule has 1 aliphatic heterocycles. The van der Waals surface area contributed by atoms with Crippen LogP contribution in [0.3, 0.4) is 0 Å². The van der Waals surface area contributed by atoms with Crippen LogP contribution in [0.2, 0.25) is 0 Å².